The van der Waals surface area contributed by atoms with Crippen LogP contribution in [0.3, 0.4) is 0 Å². The Morgan fingerprint density at radius 2 is 0.774 bits per heavy atom. The second-order valence-corrected chi connectivity index (χ2v) is 19.0. The summed E-state index contributed by atoms with van der Waals surface area (Å²) >= 11 is 0. The molecule has 4 aliphatic rings. The Bertz CT molecular complexity index is 2750. The summed E-state index contributed by atoms with van der Waals surface area (Å²) in [4.78, 5) is 2.56. The summed E-state index contributed by atoms with van der Waals surface area (Å²) in [5.74, 6) is 0. The average molecular weight is 690 g/mol. The first kappa shape index (κ1) is 29.4. The van der Waals surface area contributed by atoms with Gasteiger partial charge in [-0.1, -0.05) is 163 Å². The van der Waals surface area contributed by atoms with Crippen molar-refractivity contribution in [2.45, 2.75) is 19.3 Å². The number of hydrogen-bond donors (Lipinski definition) is 0. The van der Waals surface area contributed by atoms with E-state index in [1.807, 2.05) is 0 Å². The second kappa shape index (κ2) is 10.2. The summed E-state index contributed by atoms with van der Waals surface area (Å²) < 4.78 is 0. The third-order valence-electron chi connectivity index (χ3n) is 12.8. The predicted octanol–water partition coefficient (Wildman–Crippen LogP) is 9.79. The molecular weight excluding hydrogens is 655 g/mol. The van der Waals surface area contributed by atoms with E-state index in [4.69, 9.17) is 0 Å². The van der Waals surface area contributed by atoms with Gasteiger partial charge in [-0.2, -0.15) is 0 Å². The van der Waals surface area contributed by atoms with E-state index >= 15 is 0 Å². The highest BCUT2D eigenvalue weighted by Gasteiger charge is 2.55. The molecule has 8 aromatic rings. The Kier molecular flexibility index (Phi) is 5.66. The molecule has 8 aromatic carbocycles. The molecule has 0 fully saturated rings. The molecule has 0 radical (unpaired) electrons. The number of benzene rings is 8. The number of para-hydroxylation sites is 2. The van der Waals surface area contributed by atoms with Gasteiger partial charge in [0, 0.05) is 5.69 Å². The normalized spacial score (nSPS) is 15.2. The maximum Gasteiger partial charge on any atom is 0.182 e. The summed E-state index contributed by atoms with van der Waals surface area (Å²) in [5, 5.41) is 6.07. The standard InChI is InChI=1S/C51H35NSi/c1-32-23-26-38-39-27-24-33(2)30-49(39)53(48(38)29-32)47-22-12-5-15-37(47)40-28-25-34(31-50(40)53)52-45-20-10-8-18-43(45)51(44-19-9-11-21-46(44)52)41-16-6-3-13-35(41)36-14-4-7-17-42(36)51/h3-31H,1-2H3. The van der Waals surface area contributed by atoms with E-state index < -0.39 is 13.5 Å². The third-order valence-corrected chi connectivity index (χ3v) is 17.7. The SMILES string of the molecule is Cc1ccc2c(c1)[Si]1(c3ccccc3-c3ccc(N4c5ccccc5C5(c6ccccc6-c6ccccc65)c5ccccc54)cc31)c1cc(C)ccc1-2. The van der Waals surface area contributed by atoms with Crippen molar-refractivity contribution in [2.24, 2.45) is 0 Å². The van der Waals surface area contributed by atoms with E-state index in [0.29, 0.717) is 0 Å². The highest BCUT2D eigenvalue weighted by atomic mass is 28.3. The van der Waals surface area contributed by atoms with Crippen molar-refractivity contribution < 1.29 is 0 Å². The van der Waals surface area contributed by atoms with Crippen molar-refractivity contribution in [3.05, 3.63) is 209 Å². The minimum absolute atomic E-state index is 0.418. The first-order chi connectivity index (χ1) is 26.1. The zero-order chi connectivity index (χ0) is 35.1. The number of nitrogens with zero attached hydrogens (tertiary/aromatic N) is 1. The van der Waals surface area contributed by atoms with Crippen molar-refractivity contribution in [2.75, 3.05) is 4.90 Å². The molecule has 1 nitrogen and oxygen atoms in total. The smallest absolute Gasteiger partial charge is 0.182 e. The van der Waals surface area contributed by atoms with Crippen LogP contribution in [0.5, 0.6) is 0 Å². The molecule has 3 heterocycles. The van der Waals surface area contributed by atoms with Crippen molar-refractivity contribution in [3.63, 3.8) is 0 Å². The van der Waals surface area contributed by atoms with Gasteiger partial charge in [-0.3, -0.25) is 0 Å². The van der Waals surface area contributed by atoms with Crippen LogP contribution in [0.25, 0.3) is 33.4 Å². The summed E-state index contributed by atoms with van der Waals surface area (Å²) in [6, 6.07) is 67.6. The van der Waals surface area contributed by atoms with E-state index in [1.54, 1.807) is 0 Å². The number of anilines is 3. The number of rotatable bonds is 1. The Hall–Kier alpha value is -6.22. The summed E-state index contributed by atoms with van der Waals surface area (Å²) in [6.07, 6.45) is 0. The Morgan fingerprint density at radius 1 is 0.358 bits per heavy atom. The maximum atomic E-state index is 2.59. The van der Waals surface area contributed by atoms with Crippen LogP contribution < -0.4 is 25.6 Å². The van der Waals surface area contributed by atoms with E-state index in [2.05, 4.69) is 195 Å². The van der Waals surface area contributed by atoms with E-state index in [9.17, 15) is 0 Å². The molecule has 3 aliphatic heterocycles. The highest BCUT2D eigenvalue weighted by molar-refractivity contribution is 7.24. The van der Waals surface area contributed by atoms with Gasteiger partial charge >= 0.3 is 0 Å². The molecule has 2 spiro atoms. The molecule has 53 heavy (non-hydrogen) atoms. The minimum Gasteiger partial charge on any atom is -0.310 e. The molecule has 2 heteroatoms. The Morgan fingerprint density at radius 3 is 1.34 bits per heavy atom. The van der Waals surface area contributed by atoms with E-state index in [0.717, 1.165) is 0 Å². The van der Waals surface area contributed by atoms with Crippen LogP contribution in [0.4, 0.5) is 17.1 Å². The van der Waals surface area contributed by atoms with Gasteiger partial charge in [0.25, 0.3) is 0 Å². The zero-order valence-electron chi connectivity index (χ0n) is 29.7. The van der Waals surface area contributed by atoms with E-state index in [1.165, 1.54) is 105 Å². The summed E-state index contributed by atoms with van der Waals surface area (Å²) in [6.45, 7) is 4.51. The first-order valence-electron chi connectivity index (χ1n) is 18.8. The predicted molar refractivity (Wildman–Crippen MR) is 223 cm³/mol. The van der Waals surface area contributed by atoms with Gasteiger partial charge in [0.15, 0.2) is 8.07 Å². The number of fused-ring (bicyclic) bond motifs is 19. The van der Waals surface area contributed by atoms with Crippen molar-refractivity contribution in [1.29, 1.82) is 0 Å². The van der Waals surface area contributed by atoms with Crippen LogP contribution in [0.2, 0.25) is 0 Å². The van der Waals surface area contributed by atoms with Crippen LogP contribution in [0, 0.1) is 13.8 Å². The molecule has 0 atom stereocenters. The van der Waals surface area contributed by atoms with Crippen molar-refractivity contribution >= 4 is 45.9 Å². The van der Waals surface area contributed by atoms with Crippen LogP contribution >= 0.6 is 0 Å². The van der Waals surface area contributed by atoms with Gasteiger partial charge in [-0.15, -0.1) is 0 Å². The van der Waals surface area contributed by atoms with Crippen LogP contribution in [-0.4, -0.2) is 8.07 Å². The molecule has 0 amide bonds. The molecule has 0 unspecified atom stereocenters. The lowest BCUT2D eigenvalue weighted by molar-refractivity contribution is 0.752. The maximum absolute atomic E-state index is 2.65. The lowest BCUT2D eigenvalue weighted by atomic mass is 9.64. The summed E-state index contributed by atoms with van der Waals surface area (Å²) in [7, 11) is -2.65. The molecule has 248 valence electrons. The van der Waals surface area contributed by atoms with Crippen molar-refractivity contribution in [3.8, 4) is 33.4 Å². The molecule has 0 N–H and O–H groups in total. The number of aryl methyl sites for hydroxylation is 2. The van der Waals surface area contributed by atoms with Gasteiger partial charge in [0.2, 0.25) is 0 Å². The van der Waals surface area contributed by atoms with Crippen LogP contribution in [0.1, 0.15) is 33.4 Å². The third kappa shape index (κ3) is 3.44. The topological polar surface area (TPSA) is 3.24 Å². The second-order valence-electron chi connectivity index (χ2n) is 15.3. The first-order valence-corrected chi connectivity index (χ1v) is 20.8. The van der Waals surface area contributed by atoms with Gasteiger partial charge in [-0.25, -0.2) is 0 Å². The zero-order valence-corrected chi connectivity index (χ0v) is 30.7. The Balaban J connectivity index is 1.17. The number of hydrogen-bond acceptors (Lipinski definition) is 1. The largest absolute Gasteiger partial charge is 0.310 e. The van der Waals surface area contributed by atoms with Crippen LogP contribution in [0.15, 0.2) is 176 Å². The monoisotopic (exact) mass is 689 g/mol. The van der Waals surface area contributed by atoms with Crippen molar-refractivity contribution in [1.82, 2.24) is 0 Å². The molecule has 12 rings (SSSR count). The molecule has 0 saturated carbocycles. The molecular formula is C51H35NSi. The Labute approximate surface area is 311 Å². The lowest BCUT2D eigenvalue weighted by Crippen LogP contribution is -2.70. The van der Waals surface area contributed by atoms with E-state index in [-0.39, 0.29) is 0 Å². The fourth-order valence-electron chi connectivity index (χ4n) is 10.9. The lowest BCUT2D eigenvalue weighted by Gasteiger charge is -2.45. The van der Waals surface area contributed by atoms with Gasteiger partial charge < -0.3 is 4.90 Å². The van der Waals surface area contributed by atoms with Gasteiger partial charge in [-0.05, 0) is 114 Å². The highest BCUT2D eigenvalue weighted by Crippen LogP contribution is 2.63. The molecule has 1 aliphatic carbocycles. The van der Waals surface area contributed by atoms with Gasteiger partial charge in [0.05, 0.1) is 16.8 Å². The molecule has 0 bridgehead atoms. The summed E-state index contributed by atoms with van der Waals surface area (Å²) in [5.41, 5.74) is 19.5. The minimum atomic E-state index is -2.65. The fraction of sp³-hybridized carbons (Fsp3) is 0.0588. The molecule has 0 aromatic heterocycles. The van der Waals surface area contributed by atoms with Crippen LogP contribution in [-0.2, 0) is 5.41 Å². The fourth-order valence-corrected chi connectivity index (χ4v) is 16.7. The quantitative estimate of drug-likeness (QED) is 0.155. The molecule has 0 saturated heterocycles. The van der Waals surface area contributed by atoms with Gasteiger partial charge in [0.1, 0.15) is 0 Å². The average Bonchev–Trinajstić information content (AvgIpc) is 3.78.